The average Bonchev–Trinajstić information content (AvgIpc) is 1.25. The number of hydrogen-bond acceptors (Lipinski definition) is 6. The molecule has 0 spiro atoms. The van der Waals surface area contributed by atoms with Gasteiger partial charge in [0, 0.05) is 0 Å². The third-order valence-corrected chi connectivity index (χ3v) is 0. The second-order valence-electron chi connectivity index (χ2n) is 0.447. The summed E-state index contributed by atoms with van der Waals surface area (Å²) in [5, 5.41) is 29.5. The molecule has 10 heavy (non-hydrogen) atoms. The van der Waals surface area contributed by atoms with Crippen LogP contribution in [0.4, 0.5) is 0 Å². The zero-order valence-corrected chi connectivity index (χ0v) is 7.34. The molecule has 0 bridgehead atoms. The molecule has 0 radical (unpaired) electrons. The van der Waals surface area contributed by atoms with Crippen molar-refractivity contribution in [1.29, 1.82) is 0 Å². The van der Waals surface area contributed by atoms with Gasteiger partial charge >= 0.3 is 29.6 Å². The summed E-state index contributed by atoms with van der Waals surface area (Å²) in [5.41, 5.74) is 0. The summed E-state index contributed by atoms with van der Waals surface area (Å²) in [7, 11) is 0. The Hall–Kier alpha value is -0.640. The molecular formula is H4N3NaO6. The largest absolute Gasteiger partial charge is 1.00 e. The first kappa shape index (κ1) is 22.8. The fourth-order valence-corrected chi connectivity index (χ4v) is 0. The molecule has 4 N–H and O–H groups in total. The molecule has 0 aliphatic rings. The molecule has 0 aromatic rings. The number of rotatable bonds is 0. The van der Waals surface area contributed by atoms with Crippen molar-refractivity contribution in [2.45, 2.75) is 0 Å². The van der Waals surface area contributed by atoms with Crippen LogP contribution >= 0.6 is 0 Å². The van der Waals surface area contributed by atoms with Gasteiger partial charge in [0.25, 0.3) is 0 Å². The Bertz CT molecular complexity index is 71.0. The van der Waals surface area contributed by atoms with Gasteiger partial charge in [0.1, 0.15) is 0 Å². The van der Waals surface area contributed by atoms with Gasteiger partial charge in [-0.3, -0.25) is 0 Å². The van der Waals surface area contributed by atoms with Crippen molar-refractivity contribution in [1.82, 2.24) is 6.15 Å². The van der Waals surface area contributed by atoms with Crippen molar-refractivity contribution in [2.24, 2.45) is 0 Å². The van der Waals surface area contributed by atoms with Crippen molar-refractivity contribution in [3.8, 4) is 0 Å². The Morgan fingerprint density at radius 1 is 0.800 bits per heavy atom. The molecular weight excluding hydrogens is 161 g/mol. The van der Waals surface area contributed by atoms with E-state index in [4.69, 9.17) is 30.6 Å². The standard InChI is InChI=1S/2NO3.H3N.Na/c2*2-1(3)4;;/h;;1H3;/q2*-1;;+1/p+1. The van der Waals surface area contributed by atoms with E-state index < -0.39 is 10.2 Å². The van der Waals surface area contributed by atoms with Crippen molar-refractivity contribution in [2.75, 3.05) is 0 Å². The summed E-state index contributed by atoms with van der Waals surface area (Å²) in [6, 6.07) is 0. The maximum Gasteiger partial charge on any atom is 1.00 e. The van der Waals surface area contributed by atoms with Gasteiger partial charge < -0.3 is 36.8 Å². The minimum Gasteiger partial charge on any atom is -0.369 e. The normalized spacial score (nSPS) is 4.80. The van der Waals surface area contributed by atoms with Crippen LogP contribution in [-0.2, 0) is 0 Å². The number of hydrogen-bond donors (Lipinski definition) is 1. The topological polar surface area (TPSA) is 169 Å². The van der Waals surface area contributed by atoms with Gasteiger partial charge in [-0.15, -0.1) is 0 Å². The van der Waals surface area contributed by atoms with E-state index in [-0.39, 0.29) is 35.7 Å². The SMILES string of the molecule is O=[N+]([O-])[O-].O=[N+]([O-])[O-].[NH4+].[Na+]. The second-order valence-corrected chi connectivity index (χ2v) is 0.447. The van der Waals surface area contributed by atoms with Gasteiger partial charge in [-0.1, -0.05) is 0 Å². The molecule has 0 rings (SSSR count). The summed E-state index contributed by atoms with van der Waals surface area (Å²) >= 11 is 0. The first-order valence-corrected chi connectivity index (χ1v) is 1.10. The second kappa shape index (κ2) is 15.8. The van der Waals surface area contributed by atoms with Crippen LogP contribution in [0.25, 0.3) is 0 Å². The van der Waals surface area contributed by atoms with Crippen molar-refractivity contribution in [3.05, 3.63) is 30.6 Å². The van der Waals surface area contributed by atoms with E-state index in [2.05, 4.69) is 0 Å². The maximum absolute atomic E-state index is 8.25. The van der Waals surface area contributed by atoms with Crippen molar-refractivity contribution >= 4 is 0 Å². The molecule has 0 aromatic heterocycles. The Balaban J connectivity index is -0.0000000300. The molecule has 9 nitrogen and oxygen atoms in total. The van der Waals surface area contributed by atoms with E-state index in [9.17, 15) is 0 Å². The van der Waals surface area contributed by atoms with E-state index in [0.717, 1.165) is 0 Å². The van der Waals surface area contributed by atoms with Gasteiger partial charge in [-0.25, -0.2) is 0 Å². The Morgan fingerprint density at radius 3 is 0.800 bits per heavy atom. The van der Waals surface area contributed by atoms with E-state index in [1.165, 1.54) is 0 Å². The molecule has 0 saturated heterocycles. The molecule has 0 aliphatic carbocycles. The van der Waals surface area contributed by atoms with E-state index in [1.54, 1.807) is 0 Å². The Kier molecular flexibility index (Phi) is 35.9. The first-order valence-electron chi connectivity index (χ1n) is 1.10. The van der Waals surface area contributed by atoms with Crippen LogP contribution in [-0.4, -0.2) is 10.2 Å². The molecule has 0 atom stereocenters. The summed E-state index contributed by atoms with van der Waals surface area (Å²) in [6.07, 6.45) is 0. The molecule has 0 amide bonds. The van der Waals surface area contributed by atoms with Crippen LogP contribution in [0.2, 0.25) is 0 Å². The van der Waals surface area contributed by atoms with Gasteiger partial charge in [-0.2, -0.15) is 0 Å². The van der Waals surface area contributed by atoms with Crippen LogP contribution in [0.5, 0.6) is 0 Å². The third kappa shape index (κ3) is 727. The summed E-state index contributed by atoms with van der Waals surface area (Å²) in [4.78, 5) is 16.5. The molecule has 0 fully saturated rings. The van der Waals surface area contributed by atoms with E-state index in [1.807, 2.05) is 0 Å². The molecule has 56 valence electrons. The van der Waals surface area contributed by atoms with Crippen LogP contribution in [0.15, 0.2) is 0 Å². The van der Waals surface area contributed by atoms with Gasteiger partial charge in [0.05, 0.1) is 10.2 Å². The average molecular weight is 165 g/mol. The molecule has 0 saturated carbocycles. The minimum atomic E-state index is -1.75. The quantitative estimate of drug-likeness (QED) is 0.226. The predicted molar refractivity (Wildman–Crippen MR) is 26.7 cm³/mol. The van der Waals surface area contributed by atoms with Crippen LogP contribution < -0.4 is 35.7 Å². The molecule has 0 unspecified atom stereocenters. The number of quaternary nitrogens is 1. The summed E-state index contributed by atoms with van der Waals surface area (Å²) < 4.78 is 0. The Labute approximate surface area is 76.7 Å². The fourth-order valence-electron chi connectivity index (χ4n) is 0. The molecule has 10 heteroatoms. The predicted octanol–water partition coefficient (Wildman–Crippen LogP) is -3.10. The summed E-state index contributed by atoms with van der Waals surface area (Å²) in [6.45, 7) is 0. The fraction of sp³-hybridized carbons (Fsp3) is 0. The smallest absolute Gasteiger partial charge is 0.369 e. The van der Waals surface area contributed by atoms with Gasteiger partial charge in [0.2, 0.25) is 0 Å². The zero-order valence-electron chi connectivity index (χ0n) is 5.34. The monoisotopic (exact) mass is 165 g/mol. The minimum absolute atomic E-state index is 0. The molecule has 0 heterocycles. The van der Waals surface area contributed by atoms with Crippen molar-refractivity contribution in [3.63, 3.8) is 0 Å². The van der Waals surface area contributed by atoms with E-state index >= 15 is 0 Å². The van der Waals surface area contributed by atoms with Gasteiger partial charge in [0.15, 0.2) is 0 Å². The van der Waals surface area contributed by atoms with Crippen LogP contribution in [0, 0.1) is 30.6 Å². The molecule has 0 aliphatic heterocycles. The maximum atomic E-state index is 8.25. The number of nitrogens with zero attached hydrogens (tertiary/aromatic N) is 2. The molecule has 0 aromatic carbocycles. The Morgan fingerprint density at radius 2 is 0.800 bits per heavy atom. The van der Waals surface area contributed by atoms with Crippen LogP contribution in [0.3, 0.4) is 0 Å². The van der Waals surface area contributed by atoms with Crippen LogP contribution in [0.1, 0.15) is 0 Å². The van der Waals surface area contributed by atoms with E-state index in [0.29, 0.717) is 0 Å². The summed E-state index contributed by atoms with van der Waals surface area (Å²) in [5.74, 6) is 0. The zero-order chi connectivity index (χ0) is 7.15. The van der Waals surface area contributed by atoms with Gasteiger partial charge in [-0.05, 0) is 0 Å². The van der Waals surface area contributed by atoms with Crippen molar-refractivity contribution < 1.29 is 39.7 Å². The first-order chi connectivity index (χ1) is 3.46. The third-order valence-electron chi connectivity index (χ3n) is 0.